The highest BCUT2D eigenvalue weighted by Crippen LogP contribution is 2.47. The quantitative estimate of drug-likeness (QED) is 0.377. The summed E-state index contributed by atoms with van der Waals surface area (Å²) >= 11 is 0. The molecule has 0 unspecified atom stereocenters. The minimum Gasteiger partial charge on any atom is -0.383 e. The third-order valence-electron chi connectivity index (χ3n) is 5.69. The Hall–Kier alpha value is -0.0800. The number of ether oxygens (including phenoxy) is 1. The lowest BCUT2D eigenvalue weighted by Crippen LogP contribution is -2.45. The summed E-state index contributed by atoms with van der Waals surface area (Å²) in [6, 6.07) is 0.795. The highest BCUT2D eigenvalue weighted by atomic mass is 127. The molecule has 0 radical (unpaired) electrons. The van der Waals surface area contributed by atoms with E-state index in [2.05, 4.69) is 20.1 Å². The lowest BCUT2D eigenvalue weighted by molar-refractivity contribution is 0.144. The summed E-state index contributed by atoms with van der Waals surface area (Å²) in [7, 11) is 3.70. The van der Waals surface area contributed by atoms with Gasteiger partial charge in [0.15, 0.2) is 5.96 Å². The van der Waals surface area contributed by atoms with E-state index >= 15 is 0 Å². The lowest BCUT2D eigenvalue weighted by atomic mass is 9.68. The molecule has 1 saturated heterocycles. The molecule has 0 atom stereocenters. The number of guanidine groups is 1. The molecule has 1 heterocycles. The van der Waals surface area contributed by atoms with Gasteiger partial charge in [0, 0.05) is 52.9 Å². The van der Waals surface area contributed by atoms with Crippen LogP contribution in [0.25, 0.3) is 0 Å². The maximum Gasteiger partial charge on any atom is 0.193 e. The number of hydrogen-bond acceptors (Lipinski definition) is 3. The molecule has 3 aliphatic rings. The molecule has 0 bridgehead atoms. The van der Waals surface area contributed by atoms with E-state index in [0.29, 0.717) is 5.41 Å². The van der Waals surface area contributed by atoms with Gasteiger partial charge in [0.2, 0.25) is 0 Å². The number of nitrogens with zero attached hydrogens (tertiary/aromatic N) is 3. The van der Waals surface area contributed by atoms with Crippen LogP contribution in [0.2, 0.25) is 0 Å². The Kier molecular flexibility index (Phi) is 7.41. The minimum atomic E-state index is 0. The van der Waals surface area contributed by atoms with Crippen molar-refractivity contribution in [3.8, 4) is 0 Å². The van der Waals surface area contributed by atoms with Crippen molar-refractivity contribution in [3.63, 3.8) is 0 Å². The van der Waals surface area contributed by atoms with Gasteiger partial charge in [-0.1, -0.05) is 6.42 Å². The summed E-state index contributed by atoms with van der Waals surface area (Å²) in [6.07, 6.45) is 8.34. The van der Waals surface area contributed by atoms with Gasteiger partial charge in [-0.15, -0.1) is 24.0 Å². The molecular formula is C17H33IN4O. The monoisotopic (exact) mass is 436 g/mol. The van der Waals surface area contributed by atoms with Crippen LogP contribution in [0.15, 0.2) is 4.99 Å². The highest BCUT2D eigenvalue weighted by molar-refractivity contribution is 14.0. The molecule has 0 aromatic carbocycles. The van der Waals surface area contributed by atoms with Crippen molar-refractivity contribution >= 4 is 29.9 Å². The zero-order valence-electron chi connectivity index (χ0n) is 14.7. The SMILES string of the molecule is CN=C(NCCN(CCOC)C1CC1)N1CCC2(CCC2)C1.I. The van der Waals surface area contributed by atoms with Crippen LogP contribution in [0, 0.1) is 5.41 Å². The van der Waals surface area contributed by atoms with E-state index in [4.69, 9.17) is 4.74 Å². The van der Waals surface area contributed by atoms with Gasteiger partial charge in [-0.05, 0) is 37.5 Å². The average molecular weight is 436 g/mol. The summed E-state index contributed by atoms with van der Waals surface area (Å²) in [5.41, 5.74) is 0.635. The van der Waals surface area contributed by atoms with Crippen LogP contribution in [0.4, 0.5) is 0 Å². The first kappa shape index (κ1) is 19.2. The van der Waals surface area contributed by atoms with Crippen molar-refractivity contribution in [2.45, 2.75) is 44.6 Å². The lowest BCUT2D eigenvalue weighted by Gasteiger charge is -2.38. The largest absolute Gasteiger partial charge is 0.383 e. The number of likely N-dealkylation sites (tertiary alicyclic amines) is 1. The van der Waals surface area contributed by atoms with E-state index in [0.717, 1.165) is 38.2 Å². The molecular weight excluding hydrogens is 403 g/mol. The zero-order valence-corrected chi connectivity index (χ0v) is 17.1. The summed E-state index contributed by atoms with van der Waals surface area (Å²) in [5, 5.41) is 3.58. The third-order valence-corrected chi connectivity index (χ3v) is 5.69. The Bertz CT molecular complexity index is 396. The second-order valence-corrected chi connectivity index (χ2v) is 7.26. The fraction of sp³-hybridized carbons (Fsp3) is 0.941. The Labute approximate surface area is 158 Å². The normalized spacial score (nSPS) is 23.1. The molecule has 3 rings (SSSR count). The van der Waals surface area contributed by atoms with Gasteiger partial charge < -0.3 is 15.0 Å². The molecule has 1 N–H and O–H groups in total. The van der Waals surface area contributed by atoms with Crippen molar-refractivity contribution in [2.75, 3.05) is 53.5 Å². The molecule has 3 fully saturated rings. The van der Waals surface area contributed by atoms with Crippen LogP contribution >= 0.6 is 24.0 Å². The second kappa shape index (κ2) is 8.85. The molecule has 1 aliphatic heterocycles. The minimum absolute atomic E-state index is 0. The molecule has 134 valence electrons. The van der Waals surface area contributed by atoms with E-state index in [1.54, 1.807) is 7.11 Å². The Morgan fingerprint density at radius 2 is 2.09 bits per heavy atom. The van der Waals surface area contributed by atoms with Gasteiger partial charge in [0.25, 0.3) is 0 Å². The maximum absolute atomic E-state index is 5.23. The van der Waals surface area contributed by atoms with Crippen molar-refractivity contribution < 1.29 is 4.74 Å². The van der Waals surface area contributed by atoms with Crippen molar-refractivity contribution in [1.29, 1.82) is 0 Å². The number of rotatable bonds is 7. The predicted molar refractivity (Wildman–Crippen MR) is 106 cm³/mol. The van der Waals surface area contributed by atoms with Crippen LogP contribution in [-0.2, 0) is 4.74 Å². The zero-order chi connectivity index (χ0) is 15.4. The smallest absolute Gasteiger partial charge is 0.193 e. The molecule has 23 heavy (non-hydrogen) atoms. The Morgan fingerprint density at radius 1 is 1.30 bits per heavy atom. The van der Waals surface area contributed by atoms with E-state index in [-0.39, 0.29) is 24.0 Å². The number of halogens is 1. The first-order valence-corrected chi connectivity index (χ1v) is 8.95. The highest BCUT2D eigenvalue weighted by Gasteiger charge is 2.43. The Balaban J connectivity index is 0.00000192. The first-order chi connectivity index (χ1) is 10.8. The standard InChI is InChI=1S/C17H32N4O.HI/c1-18-16(21-10-8-17(14-21)6-3-7-17)19-9-11-20(12-13-22-2)15-4-5-15;/h15H,3-14H2,1-2H3,(H,18,19);1H. The Morgan fingerprint density at radius 3 is 2.61 bits per heavy atom. The molecule has 0 aromatic heterocycles. The van der Waals surface area contributed by atoms with Gasteiger partial charge in [-0.3, -0.25) is 9.89 Å². The second-order valence-electron chi connectivity index (χ2n) is 7.26. The molecule has 0 aromatic rings. The number of nitrogens with one attached hydrogen (secondary N) is 1. The summed E-state index contributed by atoms with van der Waals surface area (Å²) in [6.45, 7) is 6.34. The number of hydrogen-bond donors (Lipinski definition) is 1. The summed E-state index contributed by atoms with van der Waals surface area (Å²) < 4.78 is 5.23. The van der Waals surface area contributed by atoms with Crippen LogP contribution in [0.1, 0.15) is 38.5 Å². The molecule has 2 aliphatic carbocycles. The molecule has 0 amide bonds. The molecule has 5 nitrogen and oxygen atoms in total. The number of methoxy groups -OCH3 is 1. The van der Waals surface area contributed by atoms with Crippen molar-refractivity contribution in [1.82, 2.24) is 15.1 Å². The molecule has 1 spiro atoms. The van der Waals surface area contributed by atoms with Crippen LogP contribution in [-0.4, -0.2) is 75.3 Å². The van der Waals surface area contributed by atoms with Crippen LogP contribution in [0.5, 0.6) is 0 Å². The fourth-order valence-electron chi connectivity index (χ4n) is 3.97. The third kappa shape index (κ3) is 4.95. The van der Waals surface area contributed by atoms with Crippen molar-refractivity contribution in [2.24, 2.45) is 10.4 Å². The average Bonchev–Trinajstić information content (AvgIpc) is 3.23. The van der Waals surface area contributed by atoms with Crippen LogP contribution < -0.4 is 5.32 Å². The van der Waals surface area contributed by atoms with Gasteiger partial charge in [0.1, 0.15) is 0 Å². The summed E-state index contributed by atoms with van der Waals surface area (Å²) in [4.78, 5) is 9.53. The van der Waals surface area contributed by atoms with Gasteiger partial charge in [-0.2, -0.15) is 0 Å². The number of aliphatic imine (C=N–C) groups is 1. The van der Waals surface area contributed by atoms with Crippen molar-refractivity contribution in [3.05, 3.63) is 0 Å². The van der Waals surface area contributed by atoms with E-state index in [1.807, 2.05) is 7.05 Å². The van der Waals surface area contributed by atoms with E-state index < -0.39 is 0 Å². The predicted octanol–water partition coefficient (Wildman–Crippen LogP) is 2.17. The fourth-order valence-corrected chi connectivity index (χ4v) is 3.97. The van der Waals surface area contributed by atoms with Crippen LogP contribution in [0.3, 0.4) is 0 Å². The van der Waals surface area contributed by atoms with Gasteiger partial charge in [0.05, 0.1) is 6.61 Å². The summed E-state index contributed by atoms with van der Waals surface area (Å²) in [5.74, 6) is 1.10. The molecule has 2 saturated carbocycles. The van der Waals surface area contributed by atoms with E-state index in [1.165, 1.54) is 51.6 Å². The topological polar surface area (TPSA) is 40.1 Å². The first-order valence-electron chi connectivity index (χ1n) is 8.95. The van der Waals surface area contributed by atoms with Gasteiger partial charge in [-0.25, -0.2) is 0 Å². The molecule has 6 heteroatoms. The van der Waals surface area contributed by atoms with Gasteiger partial charge >= 0.3 is 0 Å². The van der Waals surface area contributed by atoms with E-state index in [9.17, 15) is 0 Å². The maximum atomic E-state index is 5.23.